The topological polar surface area (TPSA) is 109 Å². The highest BCUT2D eigenvalue weighted by Crippen LogP contribution is 2.15. The molecule has 1 aromatic heterocycles. The van der Waals surface area contributed by atoms with Gasteiger partial charge in [-0.1, -0.05) is 0 Å². The first-order chi connectivity index (χ1) is 7.65. The fourth-order valence-electron chi connectivity index (χ4n) is 1.06. The van der Waals surface area contributed by atoms with Crippen LogP contribution < -0.4 is 5.73 Å². The Hall–Kier alpha value is -1.64. The monoisotopic (exact) mass is 228 g/mol. The number of carbonyl (C=O) groups is 1. The summed E-state index contributed by atoms with van der Waals surface area (Å²) in [5.74, 6) is -0.797. The van der Waals surface area contributed by atoms with E-state index in [9.17, 15) is 4.79 Å². The zero-order chi connectivity index (χ0) is 12.0. The van der Waals surface area contributed by atoms with E-state index in [-0.39, 0.29) is 12.4 Å². The Morgan fingerprint density at radius 3 is 2.56 bits per heavy atom. The Bertz CT molecular complexity index is 347. The molecule has 1 heterocycles. The lowest BCUT2D eigenvalue weighted by molar-refractivity contribution is -0.262. The van der Waals surface area contributed by atoms with Gasteiger partial charge in [0.1, 0.15) is 12.7 Å². The lowest BCUT2D eigenvalue weighted by Crippen LogP contribution is -2.51. The summed E-state index contributed by atoms with van der Waals surface area (Å²) >= 11 is 0. The quantitative estimate of drug-likeness (QED) is 0.493. The first-order valence-electron chi connectivity index (χ1n) is 4.30. The number of hydrogen-bond acceptors (Lipinski definition) is 8. The fourth-order valence-corrected chi connectivity index (χ4v) is 1.06. The lowest BCUT2D eigenvalue weighted by atomic mass is 10.0. The van der Waals surface area contributed by atoms with Crippen LogP contribution in [0.5, 0.6) is 0 Å². The highest BCUT2D eigenvalue weighted by molar-refractivity contribution is 5.80. The molecule has 1 unspecified atom stereocenters. The van der Waals surface area contributed by atoms with Gasteiger partial charge in [-0.3, -0.25) is 4.89 Å². The van der Waals surface area contributed by atoms with Crippen LogP contribution in [0.4, 0.5) is 0 Å². The van der Waals surface area contributed by atoms with E-state index in [0.29, 0.717) is 0 Å². The second kappa shape index (κ2) is 5.45. The highest BCUT2D eigenvalue weighted by atomic mass is 17.2. The zero-order valence-electron chi connectivity index (χ0n) is 8.91. The molecule has 8 nitrogen and oxygen atoms in total. The first-order valence-corrected chi connectivity index (χ1v) is 4.30. The van der Waals surface area contributed by atoms with Crippen molar-refractivity contribution in [1.29, 1.82) is 0 Å². The molecule has 1 rings (SSSR count). The summed E-state index contributed by atoms with van der Waals surface area (Å²) in [6.07, 6.45) is 2.44. The van der Waals surface area contributed by atoms with Crippen molar-refractivity contribution in [3.05, 3.63) is 18.5 Å². The van der Waals surface area contributed by atoms with Crippen molar-refractivity contribution in [2.75, 3.05) is 20.8 Å². The third-order valence-corrected chi connectivity index (χ3v) is 1.79. The molecule has 0 fully saturated rings. The maximum absolute atomic E-state index is 11.6. The van der Waals surface area contributed by atoms with E-state index in [4.69, 9.17) is 10.5 Å². The number of nitrogens with two attached hydrogens (primary N) is 1. The van der Waals surface area contributed by atoms with Crippen LogP contribution in [-0.4, -0.2) is 41.7 Å². The Kier molecular flexibility index (Phi) is 4.23. The van der Waals surface area contributed by atoms with Crippen LogP contribution >= 0.6 is 0 Å². The summed E-state index contributed by atoms with van der Waals surface area (Å²) in [5, 5.41) is 0. The van der Waals surface area contributed by atoms with Gasteiger partial charge in [-0.15, -0.1) is 0 Å². The van der Waals surface area contributed by atoms with Gasteiger partial charge in [-0.2, -0.15) is 4.89 Å². The van der Waals surface area contributed by atoms with E-state index in [0.717, 1.165) is 0 Å². The van der Waals surface area contributed by atoms with Crippen LogP contribution in [0.25, 0.3) is 0 Å². The summed E-state index contributed by atoms with van der Waals surface area (Å²) in [5.41, 5.74) is 4.21. The molecule has 0 radical (unpaired) electrons. The molecular weight excluding hydrogens is 216 g/mol. The van der Waals surface area contributed by atoms with Crippen molar-refractivity contribution in [2.45, 2.75) is 5.54 Å². The minimum atomic E-state index is -1.62. The Morgan fingerprint density at radius 2 is 2.06 bits per heavy atom. The standard InChI is InChI=1S/C8H12N4O4/c1-14-3-8(9,7(13)16-15-2)6-11-4-10-5-12-6/h4-5H,3,9H2,1-2H3. The number of ether oxygens (including phenoxy) is 1. The number of methoxy groups -OCH3 is 1. The summed E-state index contributed by atoms with van der Waals surface area (Å²) in [4.78, 5) is 31.4. The minimum absolute atomic E-state index is 0.0476. The molecule has 2 N–H and O–H groups in total. The van der Waals surface area contributed by atoms with Gasteiger partial charge in [-0.05, 0) is 0 Å². The molecular formula is C8H12N4O4. The molecule has 88 valence electrons. The molecule has 16 heavy (non-hydrogen) atoms. The molecule has 0 aliphatic heterocycles. The third kappa shape index (κ3) is 2.48. The zero-order valence-corrected chi connectivity index (χ0v) is 8.91. The van der Waals surface area contributed by atoms with Gasteiger partial charge >= 0.3 is 5.97 Å². The molecule has 1 aromatic rings. The van der Waals surface area contributed by atoms with Gasteiger partial charge in [0.05, 0.1) is 13.7 Å². The number of rotatable bonds is 5. The molecule has 0 aliphatic carbocycles. The van der Waals surface area contributed by atoms with Crippen molar-refractivity contribution in [3.8, 4) is 0 Å². The van der Waals surface area contributed by atoms with Crippen LogP contribution in [0.2, 0.25) is 0 Å². The largest absolute Gasteiger partial charge is 0.382 e. The molecule has 0 spiro atoms. The van der Waals surface area contributed by atoms with Crippen LogP contribution in [0.3, 0.4) is 0 Å². The summed E-state index contributed by atoms with van der Waals surface area (Å²) < 4.78 is 4.85. The highest BCUT2D eigenvalue weighted by Gasteiger charge is 2.42. The predicted octanol–water partition coefficient (Wildman–Crippen LogP) is -1.22. The van der Waals surface area contributed by atoms with Crippen molar-refractivity contribution < 1.29 is 19.3 Å². The molecule has 8 heteroatoms. The van der Waals surface area contributed by atoms with E-state index in [1.807, 2.05) is 0 Å². The van der Waals surface area contributed by atoms with Crippen LogP contribution in [0, 0.1) is 0 Å². The maximum Gasteiger partial charge on any atom is 0.372 e. The predicted molar refractivity (Wildman–Crippen MR) is 50.7 cm³/mol. The van der Waals surface area contributed by atoms with E-state index in [1.165, 1.54) is 26.9 Å². The van der Waals surface area contributed by atoms with Crippen molar-refractivity contribution in [3.63, 3.8) is 0 Å². The number of carbonyl (C=O) groups excluding carboxylic acids is 1. The lowest BCUT2D eigenvalue weighted by Gasteiger charge is -2.22. The van der Waals surface area contributed by atoms with Crippen LogP contribution in [0.1, 0.15) is 5.82 Å². The Morgan fingerprint density at radius 1 is 1.44 bits per heavy atom. The van der Waals surface area contributed by atoms with Gasteiger partial charge in [0.15, 0.2) is 5.82 Å². The molecule has 1 atom stereocenters. The van der Waals surface area contributed by atoms with Crippen molar-refractivity contribution in [2.24, 2.45) is 5.73 Å². The normalized spacial score (nSPS) is 14.2. The van der Waals surface area contributed by atoms with E-state index in [2.05, 4.69) is 24.7 Å². The van der Waals surface area contributed by atoms with Gasteiger partial charge in [0, 0.05) is 7.11 Å². The van der Waals surface area contributed by atoms with E-state index < -0.39 is 11.5 Å². The Balaban J connectivity index is 3.01. The molecule has 0 saturated heterocycles. The Labute approximate surface area is 91.7 Å². The average Bonchev–Trinajstić information content (AvgIpc) is 2.30. The van der Waals surface area contributed by atoms with Gasteiger partial charge in [0.25, 0.3) is 0 Å². The maximum atomic E-state index is 11.6. The fraction of sp³-hybridized carbons (Fsp3) is 0.500. The molecule has 0 aromatic carbocycles. The van der Waals surface area contributed by atoms with Crippen molar-refractivity contribution >= 4 is 5.97 Å². The first kappa shape index (κ1) is 12.4. The minimum Gasteiger partial charge on any atom is -0.382 e. The SMILES string of the molecule is COCC(N)(C(=O)OOC)c1ncncn1. The molecule has 0 saturated carbocycles. The van der Waals surface area contributed by atoms with Gasteiger partial charge in [-0.25, -0.2) is 19.7 Å². The van der Waals surface area contributed by atoms with Crippen molar-refractivity contribution in [1.82, 2.24) is 15.0 Å². The third-order valence-electron chi connectivity index (χ3n) is 1.79. The second-order valence-electron chi connectivity index (χ2n) is 2.90. The van der Waals surface area contributed by atoms with Gasteiger partial charge in [0.2, 0.25) is 5.54 Å². The number of aromatic nitrogens is 3. The number of hydrogen-bond donors (Lipinski definition) is 1. The van der Waals surface area contributed by atoms with Crippen LogP contribution in [0.15, 0.2) is 12.7 Å². The molecule has 0 bridgehead atoms. The summed E-state index contributed by atoms with van der Waals surface area (Å²) in [6.45, 7) is -0.140. The average molecular weight is 228 g/mol. The van der Waals surface area contributed by atoms with Crippen LogP contribution in [-0.2, 0) is 24.8 Å². The molecule has 0 aliphatic rings. The second-order valence-corrected chi connectivity index (χ2v) is 2.90. The summed E-state index contributed by atoms with van der Waals surface area (Å²) in [7, 11) is 2.58. The van der Waals surface area contributed by atoms with E-state index in [1.54, 1.807) is 0 Å². The van der Waals surface area contributed by atoms with Gasteiger partial charge < -0.3 is 10.5 Å². The number of nitrogens with zero attached hydrogens (tertiary/aromatic N) is 3. The molecule has 0 amide bonds. The van der Waals surface area contributed by atoms with E-state index >= 15 is 0 Å². The smallest absolute Gasteiger partial charge is 0.372 e. The summed E-state index contributed by atoms with van der Waals surface area (Å²) in [6, 6.07) is 0.